The summed E-state index contributed by atoms with van der Waals surface area (Å²) in [5.74, 6) is 0.398. The molecule has 0 bridgehead atoms. The Morgan fingerprint density at radius 2 is 1.88 bits per heavy atom. The summed E-state index contributed by atoms with van der Waals surface area (Å²) in [5.41, 5.74) is 1.99. The van der Waals surface area contributed by atoms with Crippen LogP contribution in [0.2, 0.25) is 0 Å². The minimum absolute atomic E-state index is 0.0472. The van der Waals surface area contributed by atoms with Gasteiger partial charge < -0.3 is 19.1 Å². The Hall–Kier alpha value is -2.53. The predicted molar refractivity (Wildman–Crippen MR) is 91.0 cm³/mol. The number of benzene rings is 2. The van der Waals surface area contributed by atoms with Crippen LogP contribution in [0.3, 0.4) is 0 Å². The highest BCUT2D eigenvalue weighted by atomic mass is 16.6. The lowest BCUT2D eigenvalue weighted by Crippen LogP contribution is -2.39. The van der Waals surface area contributed by atoms with Crippen molar-refractivity contribution in [2.24, 2.45) is 0 Å². The molecule has 1 saturated heterocycles. The van der Waals surface area contributed by atoms with E-state index in [0.717, 1.165) is 17.0 Å². The lowest BCUT2D eigenvalue weighted by atomic mass is 10.1. The minimum atomic E-state index is -0.747. The number of esters is 1. The molecular weight excluding hydrogens is 306 g/mol. The van der Waals surface area contributed by atoms with Crippen molar-refractivity contribution in [3.05, 3.63) is 60.2 Å². The number of carbonyl (C=O) groups is 1. The fourth-order valence-corrected chi connectivity index (χ4v) is 2.90. The first-order chi connectivity index (χ1) is 11.7. The molecule has 0 saturated carbocycles. The number of hydrogen-bond acceptors (Lipinski definition) is 5. The standard InChI is InChI=1S/C19H21NO4/c1-3-23-19(21)18-20(15-9-11-16(22-2)12-10-15)17(13-24-18)14-7-5-4-6-8-14/h4-12,17-18H,3,13H2,1-2H3/t17-,18+/m0/s1. The molecule has 0 aromatic heterocycles. The molecule has 126 valence electrons. The molecule has 5 nitrogen and oxygen atoms in total. The molecule has 0 aliphatic carbocycles. The second-order valence-corrected chi connectivity index (χ2v) is 5.47. The van der Waals surface area contributed by atoms with E-state index in [-0.39, 0.29) is 12.0 Å². The summed E-state index contributed by atoms with van der Waals surface area (Å²) in [6.45, 7) is 2.55. The number of methoxy groups -OCH3 is 1. The van der Waals surface area contributed by atoms with Gasteiger partial charge in [0.05, 0.1) is 26.4 Å². The molecule has 1 fully saturated rings. The van der Waals surface area contributed by atoms with Crippen molar-refractivity contribution in [2.45, 2.75) is 19.2 Å². The maximum absolute atomic E-state index is 12.3. The Bertz CT molecular complexity index is 672. The first-order valence-corrected chi connectivity index (χ1v) is 8.00. The van der Waals surface area contributed by atoms with Crippen LogP contribution in [0.25, 0.3) is 0 Å². The van der Waals surface area contributed by atoms with Crippen molar-refractivity contribution in [3.63, 3.8) is 0 Å². The minimum Gasteiger partial charge on any atom is -0.497 e. The van der Waals surface area contributed by atoms with E-state index in [0.29, 0.717) is 13.2 Å². The van der Waals surface area contributed by atoms with Crippen LogP contribution in [-0.4, -0.2) is 32.5 Å². The topological polar surface area (TPSA) is 48.0 Å². The van der Waals surface area contributed by atoms with Crippen molar-refractivity contribution in [1.82, 2.24) is 0 Å². The van der Waals surface area contributed by atoms with Gasteiger partial charge in [-0.15, -0.1) is 0 Å². The Morgan fingerprint density at radius 1 is 1.17 bits per heavy atom. The molecule has 2 aromatic rings. The van der Waals surface area contributed by atoms with Gasteiger partial charge in [0.25, 0.3) is 0 Å². The average Bonchev–Trinajstić information content (AvgIpc) is 3.08. The van der Waals surface area contributed by atoms with Gasteiger partial charge in [-0.3, -0.25) is 0 Å². The SMILES string of the molecule is CCOC(=O)[C@H]1OC[C@@H](c2ccccc2)N1c1ccc(OC)cc1. The fourth-order valence-electron chi connectivity index (χ4n) is 2.90. The Kier molecular flexibility index (Phi) is 5.01. The third-order valence-corrected chi connectivity index (χ3v) is 4.04. The van der Waals surface area contributed by atoms with E-state index in [1.54, 1.807) is 14.0 Å². The highest BCUT2D eigenvalue weighted by Gasteiger charge is 2.40. The lowest BCUT2D eigenvalue weighted by Gasteiger charge is -2.29. The van der Waals surface area contributed by atoms with Gasteiger partial charge in [0.2, 0.25) is 6.23 Å². The Labute approximate surface area is 141 Å². The number of rotatable bonds is 5. The van der Waals surface area contributed by atoms with Gasteiger partial charge in [-0.05, 0) is 36.8 Å². The van der Waals surface area contributed by atoms with Gasteiger partial charge >= 0.3 is 5.97 Å². The Morgan fingerprint density at radius 3 is 2.50 bits per heavy atom. The monoisotopic (exact) mass is 327 g/mol. The van der Waals surface area contributed by atoms with Gasteiger partial charge in [-0.25, -0.2) is 4.79 Å². The van der Waals surface area contributed by atoms with E-state index in [1.165, 1.54) is 0 Å². The Balaban J connectivity index is 1.95. The second kappa shape index (κ2) is 7.36. The largest absolute Gasteiger partial charge is 0.497 e. The third-order valence-electron chi connectivity index (χ3n) is 4.04. The molecule has 1 aliphatic heterocycles. The van der Waals surface area contributed by atoms with E-state index in [2.05, 4.69) is 0 Å². The molecule has 3 rings (SSSR count). The summed E-state index contributed by atoms with van der Waals surface area (Å²) in [7, 11) is 1.63. The van der Waals surface area contributed by atoms with Crippen LogP contribution in [0.5, 0.6) is 5.75 Å². The number of nitrogens with zero attached hydrogens (tertiary/aromatic N) is 1. The van der Waals surface area contributed by atoms with Crippen molar-refractivity contribution < 1.29 is 19.0 Å². The molecule has 0 radical (unpaired) electrons. The second-order valence-electron chi connectivity index (χ2n) is 5.47. The smallest absolute Gasteiger partial charge is 0.356 e. The van der Waals surface area contributed by atoms with Crippen molar-refractivity contribution in [3.8, 4) is 5.75 Å². The summed E-state index contributed by atoms with van der Waals surface area (Å²) in [6.07, 6.45) is -0.747. The van der Waals surface area contributed by atoms with E-state index < -0.39 is 6.23 Å². The first kappa shape index (κ1) is 16.3. The highest BCUT2D eigenvalue weighted by molar-refractivity contribution is 5.79. The number of carbonyl (C=O) groups excluding carboxylic acids is 1. The number of anilines is 1. The number of hydrogen-bond donors (Lipinski definition) is 0. The van der Waals surface area contributed by atoms with Gasteiger partial charge in [-0.2, -0.15) is 0 Å². The highest BCUT2D eigenvalue weighted by Crippen LogP contribution is 2.36. The van der Waals surface area contributed by atoms with Crippen LogP contribution in [0, 0.1) is 0 Å². The van der Waals surface area contributed by atoms with Crippen LogP contribution in [0.1, 0.15) is 18.5 Å². The van der Waals surface area contributed by atoms with Gasteiger partial charge in [0.1, 0.15) is 5.75 Å². The molecule has 0 amide bonds. The normalized spacial score (nSPS) is 20.0. The fraction of sp³-hybridized carbons (Fsp3) is 0.316. The maximum Gasteiger partial charge on any atom is 0.356 e. The molecule has 1 aliphatic rings. The average molecular weight is 327 g/mol. The summed E-state index contributed by atoms with van der Waals surface area (Å²) >= 11 is 0. The van der Waals surface area contributed by atoms with Gasteiger partial charge in [0.15, 0.2) is 0 Å². The quantitative estimate of drug-likeness (QED) is 0.790. The molecule has 0 unspecified atom stereocenters. The van der Waals surface area contributed by atoms with Crippen LogP contribution < -0.4 is 9.64 Å². The predicted octanol–water partition coefficient (Wildman–Crippen LogP) is 3.16. The zero-order chi connectivity index (χ0) is 16.9. The van der Waals surface area contributed by atoms with E-state index in [9.17, 15) is 4.79 Å². The van der Waals surface area contributed by atoms with Gasteiger partial charge in [-0.1, -0.05) is 30.3 Å². The van der Waals surface area contributed by atoms with Crippen LogP contribution in [-0.2, 0) is 14.3 Å². The van der Waals surface area contributed by atoms with Crippen molar-refractivity contribution in [1.29, 1.82) is 0 Å². The third kappa shape index (κ3) is 3.21. The zero-order valence-electron chi connectivity index (χ0n) is 13.8. The van der Waals surface area contributed by atoms with E-state index in [4.69, 9.17) is 14.2 Å². The van der Waals surface area contributed by atoms with Crippen LogP contribution in [0.15, 0.2) is 54.6 Å². The van der Waals surface area contributed by atoms with E-state index in [1.807, 2.05) is 59.5 Å². The molecule has 5 heteroatoms. The molecule has 24 heavy (non-hydrogen) atoms. The molecule has 1 heterocycles. The molecule has 0 spiro atoms. The summed E-state index contributed by atoms with van der Waals surface area (Å²) < 4.78 is 16.2. The maximum atomic E-state index is 12.3. The van der Waals surface area contributed by atoms with Crippen LogP contribution >= 0.6 is 0 Å². The summed E-state index contributed by atoms with van der Waals surface area (Å²) in [5, 5.41) is 0. The lowest BCUT2D eigenvalue weighted by molar-refractivity contribution is -0.153. The molecular formula is C19H21NO4. The zero-order valence-corrected chi connectivity index (χ0v) is 13.8. The summed E-state index contributed by atoms with van der Waals surface area (Å²) in [6, 6.07) is 17.6. The van der Waals surface area contributed by atoms with E-state index >= 15 is 0 Å². The summed E-state index contributed by atoms with van der Waals surface area (Å²) in [4.78, 5) is 14.3. The molecule has 2 atom stereocenters. The van der Waals surface area contributed by atoms with Gasteiger partial charge in [0, 0.05) is 5.69 Å². The number of ether oxygens (including phenoxy) is 3. The van der Waals surface area contributed by atoms with Crippen LogP contribution in [0.4, 0.5) is 5.69 Å². The molecule has 2 aromatic carbocycles. The van der Waals surface area contributed by atoms with Crippen molar-refractivity contribution in [2.75, 3.05) is 25.2 Å². The molecule has 0 N–H and O–H groups in total. The first-order valence-electron chi connectivity index (χ1n) is 8.00. The van der Waals surface area contributed by atoms with Crippen molar-refractivity contribution >= 4 is 11.7 Å².